The van der Waals surface area contributed by atoms with E-state index in [-0.39, 0.29) is 0 Å². The van der Waals surface area contributed by atoms with E-state index in [0.717, 1.165) is 11.6 Å². The summed E-state index contributed by atoms with van der Waals surface area (Å²) in [7, 11) is 0. The molecular formula is C19H25N3S. The monoisotopic (exact) mass is 327 g/mol. The van der Waals surface area contributed by atoms with E-state index in [1.807, 2.05) is 6.21 Å². The van der Waals surface area contributed by atoms with Crippen LogP contribution in [0.1, 0.15) is 37.8 Å². The van der Waals surface area contributed by atoms with E-state index < -0.39 is 0 Å². The first-order chi connectivity index (χ1) is 10.9. The number of thiocarbonyl (C=S) groups is 1. The fourth-order valence-electron chi connectivity index (χ4n) is 3.73. The number of hydrogen-bond acceptors (Lipinski definition) is 2. The molecule has 0 aliphatic heterocycles. The lowest BCUT2D eigenvalue weighted by atomic mass is 9.49. The summed E-state index contributed by atoms with van der Waals surface area (Å²) in [6.45, 7) is 8.87. The molecule has 0 heterocycles. The summed E-state index contributed by atoms with van der Waals surface area (Å²) in [5.41, 5.74) is 8.11. The van der Waals surface area contributed by atoms with E-state index in [9.17, 15) is 0 Å². The molecule has 1 aromatic carbocycles. The molecule has 0 spiro atoms. The van der Waals surface area contributed by atoms with Crippen LogP contribution in [0.25, 0.3) is 0 Å². The van der Waals surface area contributed by atoms with Crippen LogP contribution in [0.2, 0.25) is 0 Å². The van der Waals surface area contributed by atoms with Crippen molar-refractivity contribution < 1.29 is 0 Å². The van der Waals surface area contributed by atoms with Crippen LogP contribution in [0, 0.1) is 31.1 Å². The fraction of sp³-hybridized carbons (Fsp3) is 0.474. The summed E-state index contributed by atoms with van der Waals surface area (Å²) in [5.74, 6) is 1.50. The second kappa shape index (κ2) is 6.08. The molecule has 0 amide bonds. The molecule has 2 bridgehead atoms. The molecule has 1 fully saturated rings. The molecular weight excluding hydrogens is 302 g/mol. The quantitative estimate of drug-likeness (QED) is 0.485. The van der Waals surface area contributed by atoms with E-state index >= 15 is 0 Å². The summed E-state index contributed by atoms with van der Waals surface area (Å²) >= 11 is 5.33. The minimum absolute atomic E-state index is 0.424. The third kappa shape index (κ3) is 3.18. The van der Waals surface area contributed by atoms with Crippen molar-refractivity contribution in [1.29, 1.82) is 0 Å². The van der Waals surface area contributed by atoms with Crippen LogP contribution in [0.3, 0.4) is 0 Å². The molecule has 0 unspecified atom stereocenters. The number of hydrazone groups is 1. The van der Waals surface area contributed by atoms with Crippen LogP contribution in [-0.2, 0) is 0 Å². The molecule has 23 heavy (non-hydrogen) atoms. The van der Waals surface area contributed by atoms with Gasteiger partial charge in [-0.3, -0.25) is 5.43 Å². The summed E-state index contributed by atoms with van der Waals surface area (Å²) in [6.07, 6.45) is 6.75. The van der Waals surface area contributed by atoms with Crippen LogP contribution >= 0.6 is 12.2 Å². The summed E-state index contributed by atoms with van der Waals surface area (Å²) in [6, 6.07) is 6.28. The van der Waals surface area contributed by atoms with Gasteiger partial charge in [0, 0.05) is 5.69 Å². The average Bonchev–Trinajstić information content (AvgIpc) is 2.51. The molecule has 3 nitrogen and oxygen atoms in total. The lowest BCUT2D eigenvalue weighted by molar-refractivity contribution is -0.00126. The number of hydrogen-bond donors (Lipinski definition) is 2. The van der Waals surface area contributed by atoms with Crippen molar-refractivity contribution in [3.63, 3.8) is 0 Å². The van der Waals surface area contributed by atoms with Crippen molar-refractivity contribution in [2.24, 2.45) is 22.4 Å². The minimum atomic E-state index is 0.424. The second-order valence-electron chi connectivity index (χ2n) is 7.39. The van der Waals surface area contributed by atoms with Crippen molar-refractivity contribution in [2.75, 3.05) is 5.32 Å². The van der Waals surface area contributed by atoms with Gasteiger partial charge in [-0.2, -0.15) is 5.10 Å². The van der Waals surface area contributed by atoms with Gasteiger partial charge in [0.05, 0.1) is 6.21 Å². The highest BCUT2D eigenvalue weighted by Crippen LogP contribution is 2.58. The van der Waals surface area contributed by atoms with E-state index in [0.29, 0.717) is 16.4 Å². The Balaban J connectivity index is 1.57. The fourth-order valence-corrected chi connectivity index (χ4v) is 3.89. The van der Waals surface area contributed by atoms with Crippen LogP contribution in [0.15, 0.2) is 34.9 Å². The van der Waals surface area contributed by atoms with Gasteiger partial charge in [-0.15, -0.1) is 0 Å². The van der Waals surface area contributed by atoms with E-state index in [1.165, 1.54) is 29.5 Å². The van der Waals surface area contributed by atoms with Gasteiger partial charge in [-0.25, -0.2) is 0 Å². The SMILES string of the molecule is Cc1ccc(C)c(NC(=S)N/N=C\C2=CC[C@H]3C[C@@H]2C3(C)C)c1. The summed E-state index contributed by atoms with van der Waals surface area (Å²) in [4.78, 5) is 0. The summed E-state index contributed by atoms with van der Waals surface area (Å²) in [5, 5.41) is 8.08. The number of anilines is 1. The van der Waals surface area contributed by atoms with Crippen LogP contribution in [0.5, 0.6) is 0 Å². The zero-order valence-electron chi connectivity index (χ0n) is 14.3. The van der Waals surface area contributed by atoms with Crippen molar-refractivity contribution in [1.82, 2.24) is 5.43 Å². The molecule has 0 aromatic heterocycles. The van der Waals surface area contributed by atoms with E-state index in [4.69, 9.17) is 12.2 Å². The van der Waals surface area contributed by atoms with Gasteiger partial charge < -0.3 is 5.32 Å². The maximum atomic E-state index is 5.33. The molecule has 1 saturated carbocycles. The predicted octanol–water partition coefficient (Wildman–Crippen LogP) is 4.57. The molecule has 122 valence electrons. The number of benzene rings is 1. The molecule has 0 radical (unpaired) electrons. The largest absolute Gasteiger partial charge is 0.331 e. The number of fused-ring (bicyclic) bond motifs is 1. The predicted molar refractivity (Wildman–Crippen MR) is 102 cm³/mol. The Bertz CT molecular complexity index is 688. The molecule has 3 aliphatic rings. The Morgan fingerprint density at radius 2 is 2.13 bits per heavy atom. The Labute approximate surface area is 144 Å². The van der Waals surface area contributed by atoms with Gasteiger partial charge in [-0.05, 0) is 78.9 Å². The molecule has 1 aromatic rings. The summed E-state index contributed by atoms with van der Waals surface area (Å²) < 4.78 is 0. The number of nitrogens with zero attached hydrogens (tertiary/aromatic N) is 1. The third-order valence-electron chi connectivity index (χ3n) is 5.53. The molecule has 4 rings (SSSR count). The maximum Gasteiger partial charge on any atom is 0.191 e. The normalized spacial score (nSPS) is 24.8. The first-order valence-electron chi connectivity index (χ1n) is 8.25. The first kappa shape index (κ1) is 16.2. The number of allylic oxidation sites excluding steroid dienone is 2. The van der Waals surface area contributed by atoms with Gasteiger partial charge in [0.25, 0.3) is 0 Å². The lowest BCUT2D eigenvalue weighted by Gasteiger charge is -2.55. The standard InChI is InChI=1S/C19H25N3S/c1-12-5-6-13(2)17(9-12)21-18(23)22-20-11-14-7-8-15-10-16(14)19(15,3)4/h5-7,9,11,15-16H,8,10H2,1-4H3,(H2,21,22,23)/b20-11-/t15-,16-/m0/s1. The van der Waals surface area contributed by atoms with Gasteiger partial charge in [-0.1, -0.05) is 32.1 Å². The smallest absolute Gasteiger partial charge is 0.191 e. The highest BCUT2D eigenvalue weighted by Gasteiger charge is 2.50. The second-order valence-corrected chi connectivity index (χ2v) is 7.80. The first-order valence-corrected chi connectivity index (χ1v) is 8.66. The molecule has 2 atom stereocenters. The molecule has 4 heteroatoms. The Kier molecular flexibility index (Phi) is 4.28. The van der Waals surface area contributed by atoms with Crippen molar-refractivity contribution in [3.8, 4) is 0 Å². The number of nitrogens with one attached hydrogen (secondary N) is 2. The Morgan fingerprint density at radius 3 is 2.83 bits per heavy atom. The van der Waals surface area contributed by atoms with Crippen molar-refractivity contribution in [3.05, 3.63) is 41.0 Å². The lowest BCUT2D eigenvalue weighted by Crippen LogP contribution is -2.48. The van der Waals surface area contributed by atoms with Crippen LogP contribution in [-0.4, -0.2) is 11.3 Å². The third-order valence-corrected chi connectivity index (χ3v) is 5.73. The zero-order valence-corrected chi connectivity index (χ0v) is 15.1. The van der Waals surface area contributed by atoms with E-state index in [1.54, 1.807) is 0 Å². The molecule has 0 saturated heterocycles. The highest BCUT2D eigenvalue weighted by atomic mass is 32.1. The van der Waals surface area contributed by atoms with Gasteiger partial charge in [0.2, 0.25) is 0 Å². The minimum Gasteiger partial charge on any atom is -0.331 e. The van der Waals surface area contributed by atoms with Gasteiger partial charge >= 0.3 is 0 Å². The zero-order chi connectivity index (χ0) is 16.6. The Hall–Kier alpha value is -1.68. The topological polar surface area (TPSA) is 36.4 Å². The molecule has 2 N–H and O–H groups in total. The number of rotatable bonds is 3. The van der Waals surface area contributed by atoms with Crippen molar-refractivity contribution >= 4 is 29.2 Å². The van der Waals surface area contributed by atoms with E-state index in [2.05, 4.69) is 67.8 Å². The Morgan fingerprint density at radius 1 is 1.35 bits per heavy atom. The number of aryl methyl sites for hydroxylation is 2. The van der Waals surface area contributed by atoms with Gasteiger partial charge in [0.15, 0.2) is 5.11 Å². The molecule has 3 aliphatic carbocycles. The van der Waals surface area contributed by atoms with Crippen molar-refractivity contribution in [2.45, 2.75) is 40.5 Å². The van der Waals surface area contributed by atoms with Crippen LogP contribution < -0.4 is 10.7 Å². The van der Waals surface area contributed by atoms with Gasteiger partial charge in [0.1, 0.15) is 0 Å². The highest BCUT2D eigenvalue weighted by molar-refractivity contribution is 7.80. The average molecular weight is 327 g/mol. The van der Waals surface area contributed by atoms with Crippen LogP contribution in [0.4, 0.5) is 5.69 Å². The maximum absolute atomic E-state index is 5.33.